The quantitative estimate of drug-likeness (QED) is 0.762. The number of halogens is 3. The Labute approximate surface area is 146 Å². The molecule has 0 aliphatic heterocycles. The first-order chi connectivity index (χ1) is 11.4. The summed E-state index contributed by atoms with van der Waals surface area (Å²) in [6, 6.07) is 7.97. The van der Waals surface area contributed by atoms with Crippen LogP contribution in [-0.2, 0) is 0 Å². The Kier molecular flexibility index (Phi) is 6.03. The van der Waals surface area contributed by atoms with E-state index < -0.39 is 23.4 Å². The largest absolute Gasteiger partial charge is 0.350 e. The van der Waals surface area contributed by atoms with Crippen LogP contribution in [0.4, 0.5) is 8.78 Å². The molecule has 7 heteroatoms. The second kappa shape index (κ2) is 8.01. The summed E-state index contributed by atoms with van der Waals surface area (Å²) in [5.74, 6) is -1.71. The van der Waals surface area contributed by atoms with Crippen molar-refractivity contribution in [1.29, 1.82) is 0 Å². The van der Waals surface area contributed by atoms with Gasteiger partial charge in [0.2, 0.25) is 0 Å². The molecule has 2 aromatic rings. The minimum Gasteiger partial charge on any atom is -0.350 e. The first kappa shape index (κ1) is 18.1. The van der Waals surface area contributed by atoms with Gasteiger partial charge in [0.05, 0.1) is 5.56 Å². The summed E-state index contributed by atoms with van der Waals surface area (Å²) >= 11 is 3.12. The minimum atomic E-state index is -0.448. The van der Waals surface area contributed by atoms with Gasteiger partial charge in [0.1, 0.15) is 11.6 Å². The maximum Gasteiger partial charge on any atom is 0.252 e. The molecule has 0 heterocycles. The Bertz CT molecular complexity index is 781. The molecule has 0 bridgehead atoms. The zero-order valence-electron chi connectivity index (χ0n) is 12.8. The number of nitrogens with one attached hydrogen (secondary N) is 2. The highest BCUT2D eigenvalue weighted by Gasteiger charge is 2.11. The lowest BCUT2D eigenvalue weighted by molar-refractivity contribution is 0.0927. The smallest absolute Gasteiger partial charge is 0.252 e. The molecule has 2 aromatic carbocycles. The van der Waals surface area contributed by atoms with Crippen LogP contribution in [0.2, 0.25) is 0 Å². The molecule has 0 aliphatic carbocycles. The van der Waals surface area contributed by atoms with E-state index in [1.54, 1.807) is 6.92 Å². The maximum absolute atomic E-state index is 13.4. The third kappa shape index (κ3) is 4.61. The second-order valence-electron chi connectivity index (χ2n) is 5.10. The highest BCUT2D eigenvalue weighted by molar-refractivity contribution is 9.10. The van der Waals surface area contributed by atoms with Crippen molar-refractivity contribution in [2.45, 2.75) is 6.92 Å². The van der Waals surface area contributed by atoms with E-state index in [1.807, 2.05) is 0 Å². The van der Waals surface area contributed by atoms with E-state index in [0.29, 0.717) is 15.6 Å². The van der Waals surface area contributed by atoms with E-state index >= 15 is 0 Å². The fraction of sp³-hybridized carbons (Fsp3) is 0.176. The number of carbonyl (C=O) groups is 2. The fourth-order valence-electron chi connectivity index (χ4n) is 1.96. The molecule has 0 aliphatic rings. The predicted molar refractivity (Wildman–Crippen MR) is 89.9 cm³/mol. The number of hydrogen-bond acceptors (Lipinski definition) is 2. The van der Waals surface area contributed by atoms with Gasteiger partial charge >= 0.3 is 0 Å². The normalized spacial score (nSPS) is 10.3. The number of benzene rings is 2. The Balaban J connectivity index is 1.82. The molecule has 0 saturated heterocycles. The van der Waals surface area contributed by atoms with Gasteiger partial charge in [-0.2, -0.15) is 0 Å². The first-order valence-corrected chi connectivity index (χ1v) is 7.95. The van der Waals surface area contributed by atoms with E-state index in [1.165, 1.54) is 36.4 Å². The van der Waals surface area contributed by atoms with E-state index in [4.69, 9.17) is 0 Å². The van der Waals surface area contributed by atoms with Crippen LogP contribution in [0.1, 0.15) is 26.3 Å². The second-order valence-corrected chi connectivity index (χ2v) is 5.95. The summed E-state index contributed by atoms with van der Waals surface area (Å²) in [4.78, 5) is 23.8. The molecule has 2 rings (SSSR count). The van der Waals surface area contributed by atoms with Crippen LogP contribution < -0.4 is 10.6 Å². The van der Waals surface area contributed by atoms with E-state index in [9.17, 15) is 18.4 Å². The monoisotopic (exact) mass is 396 g/mol. The Morgan fingerprint density at radius 2 is 1.67 bits per heavy atom. The molecule has 2 N–H and O–H groups in total. The molecule has 0 unspecified atom stereocenters. The Morgan fingerprint density at radius 3 is 2.29 bits per heavy atom. The highest BCUT2D eigenvalue weighted by Crippen LogP contribution is 2.17. The number of carbonyl (C=O) groups excluding carboxylic acids is 2. The molecule has 0 atom stereocenters. The predicted octanol–water partition coefficient (Wildman–Crippen LogP) is 3.20. The molecule has 2 amide bonds. The van der Waals surface area contributed by atoms with Crippen molar-refractivity contribution >= 4 is 27.7 Å². The Hall–Kier alpha value is -2.28. The molecule has 0 spiro atoms. The van der Waals surface area contributed by atoms with Crippen molar-refractivity contribution in [1.82, 2.24) is 10.6 Å². The van der Waals surface area contributed by atoms with Gasteiger partial charge in [0.25, 0.3) is 11.8 Å². The van der Waals surface area contributed by atoms with Crippen molar-refractivity contribution in [2.75, 3.05) is 13.1 Å². The topological polar surface area (TPSA) is 58.2 Å². The van der Waals surface area contributed by atoms with Crippen LogP contribution in [0.5, 0.6) is 0 Å². The van der Waals surface area contributed by atoms with Crippen LogP contribution in [0.3, 0.4) is 0 Å². The average molecular weight is 397 g/mol. The van der Waals surface area contributed by atoms with Crippen LogP contribution in [0.15, 0.2) is 40.9 Å². The number of rotatable bonds is 5. The van der Waals surface area contributed by atoms with Crippen molar-refractivity contribution < 1.29 is 18.4 Å². The van der Waals surface area contributed by atoms with E-state index in [2.05, 4.69) is 26.6 Å². The standard InChI is InChI=1S/C17H15BrF2N2O2/c1-10-2-3-11(8-15(10)20)16(23)21-6-7-22-17(24)13-5-4-12(19)9-14(13)18/h2-5,8-9H,6-7H2,1H3,(H,21,23)(H,22,24). The number of aryl methyl sites for hydroxylation is 1. The zero-order chi connectivity index (χ0) is 17.7. The lowest BCUT2D eigenvalue weighted by Gasteiger charge is -2.09. The molecule has 4 nitrogen and oxygen atoms in total. The summed E-state index contributed by atoms with van der Waals surface area (Å²) in [6.45, 7) is 1.97. The molecule has 0 aromatic heterocycles. The summed E-state index contributed by atoms with van der Waals surface area (Å²) in [5.41, 5.74) is 0.970. The summed E-state index contributed by atoms with van der Waals surface area (Å²) in [7, 11) is 0. The summed E-state index contributed by atoms with van der Waals surface area (Å²) in [5, 5.41) is 5.19. The van der Waals surface area contributed by atoms with E-state index in [0.717, 1.165) is 0 Å². The van der Waals surface area contributed by atoms with Crippen molar-refractivity contribution in [3.63, 3.8) is 0 Å². The molecule has 0 radical (unpaired) electrons. The summed E-state index contributed by atoms with van der Waals surface area (Å²) < 4.78 is 26.8. The molecule has 24 heavy (non-hydrogen) atoms. The van der Waals surface area contributed by atoms with Crippen LogP contribution in [0, 0.1) is 18.6 Å². The third-order valence-electron chi connectivity index (χ3n) is 3.31. The number of hydrogen-bond donors (Lipinski definition) is 2. The van der Waals surface area contributed by atoms with Gasteiger partial charge in [-0.25, -0.2) is 8.78 Å². The van der Waals surface area contributed by atoms with Gasteiger partial charge in [-0.15, -0.1) is 0 Å². The van der Waals surface area contributed by atoms with Crippen molar-refractivity contribution in [2.24, 2.45) is 0 Å². The Morgan fingerprint density at radius 1 is 1.00 bits per heavy atom. The lowest BCUT2D eigenvalue weighted by atomic mass is 10.1. The van der Waals surface area contributed by atoms with Gasteiger partial charge < -0.3 is 10.6 Å². The zero-order valence-corrected chi connectivity index (χ0v) is 14.4. The van der Waals surface area contributed by atoms with Gasteiger partial charge in [-0.05, 0) is 58.7 Å². The molecular formula is C17H15BrF2N2O2. The van der Waals surface area contributed by atoms with Crippen molar-refractivity contribution in [3.05, 3.63) is 69.2 Å². The van der Waals surface area contributed by atoms with Crippen LogP contribution in [0.25, 0.3) is 0 Å². The highest BCUT2D eigenvalue weighted by atomic mass is 79.9. The fourth-order valence-corrected chi connectivity index (χ4v) is 2.49. The number of amides is 2. The van der Waals surface area contributed by atoms with Crippen molar-refractivity contribution in [3.8, 4) is 0 Å². The lowest BCUT2D eigenvalue weighted by Crippen LogP contribution is -2.34. The molecule has 0 saturated carbocycles. The molecular weight excluding hydrogens is 382 g/mol. The third-order valence-corrected chi connectivity index (χ3v) is 3.96. The first-order valence-electron chi connectivity index (χ1n) is 7.16. The van der Waals surface area contributed by atoms with E-state index in [-0.39, 0.29) is 18.7 Å². The van der Waals surface area contributed by atoms with Gasteiger partial charge in [0.15, 0.2) is 0 Å². The van der Waals surface area contributed by atoms with Gasteiger partial charge in [0, 0.05) is 23.1 Å². The molecule has 0 fully saturated rings. The van der Waals surface area contributed by atoms with Gasteiger partial charge in [-0.1, -0.05) is 6.07 Å². The van der Waals surface area contributed by atoms with Gasteiger partial charge in [-0.3, -0.25) is 9.59 Å². The SMILES string of the molecule is Cc1ccc(C(=O)NCCNC(=O)c2ccc(F)cc2Br)cc1F. The average Bonchev–Trinajstić information content (AvgIpc) is 2.53. The van der Waals surface area contributed by atoms with Crippen LogP contribution in [-0.4, -0.2) is 24.9 Å². The van der Waals surface area contributed by atoms with Crippen LogP contribution >= 0.6 is 15.9 Å². The maximum atomic E-state index is 13.4. The summed E-state index contributed by atoms with van der Waals surface area (Å²) in [6.07, 6.45) is 0. The molecule has 126 valence electrons. The minimum absolute atomic E-state index is 0.179.